The number of aryl methyl sites for hydroxylation is 2. The smallest absolute Gasteiger partial charge is 0.220 e. The Morgan fingerprint density at radius 1 is 1.28 bits per heavy atom. The third kappa shape index (κ3) is 2.78. The van der Waals surface area contributed by atoms with Crippen molar-refractivity contribution in [1.29, 1.82) is 0 Å². The van der Waals surface area contributed by atoms with Gasteiger partial charge in [0, 0.05) is 12.0 Å². The van der Waals surface area contributed by atoms with Crippen molar-refractivity contribution in [3.8, 4) is 0 Å². The fourth-order valence-corrected chi connectivity index (χ4v) is 2.45. The summed E-state index contributed by atoms with van der Waals surface area (Å²) in [6.07, 6.45) is 3.09. The van der Waals surface area contributed by atoms with E-state index in [1.807, 2.05) is 32.0 Å². The summed E-state index contributed by atoms with van der Waals surface area (Å²) >= 11 is 0. The van der Waals surface area contributed by atoms with E-state index in [9.17, 15) is 9.59 Å². The molecule has 3 heteroatoms. The van der Waals surface area contributed by atoms with Crippen LogP contribution in [0.2, 0.25) is 0 Å². The van der Waals surface area contributed by atoms with Crippen LogP contribution in [0.4, 0.5) is 0 Å². The van der Waals surface area contributed by atoms with Gasteiger partial charge in [0.1, 0.15) is 0 Å². The first kappa shape index (κ1) is 12.8. The highest BCUT2D eigenvalue weighted by atomic mass is 16.2. The molecule has 1 amide bonds. The van der Waals surface area contributed by atoms with E-state index in [0.717, 1.165) is 36.0 Å². The Bertz CT molecular complexity index is 479. The second-order valence-corrected chi connectivity index (χ2v) is 5.05. The van der Waals surface area contributed by atoms with Gasteiger partial charge in [0.05, 0.1) is 6.04 Å². The summed E-state index contributed by atoms with van der Waals surface area (Å²) in [5.41, 5.74) is 2.86. The van der Waals surface area contributed by atoms with Crippen molar-refractivity contribution in [2.45, 2.75) is 45.6 Å². The third-order valence-electron chi connectivity index (χ3n) is 3.45. The van der Waals surface area contributed by atoms with Crippen LogP contribution in [0.25, 0.3) is 0 Å². The van der Waals surface area contributed by atoms with Crippen LogP contribution in [0.5, 0.6) is 0 Å². The van der Waals surface area contributed by atoms with Crippen LogP contribution in [-0.2, 0) is 4.79 Å². The van der Waals surface area contributed by atoms with Crippen molar-refractivity contribution in [1.82, 2.24) is 5.32 Å². The molecule has 3 nitrogen and oxygen atoms in total. The SMILES string of the molecule is Cc1ccc(C(=O)C2CCCCC(=O)N2)c(C)c1. The number of carbonyl (C=O) groups is 2. The maximum atomic E-state index is 12.4. The molecule has 1 aliphatic heterocycles. The quantitative estimate of drug-likeness (QED) is 0.814. The van der Waals surface area contributed by atoms with E-state index in [-0.39, 0.29) is 17.7 Å². The number of hydrogen-bond donors (Lipinski definition) is 1. The molecule has 0 bridgehead atoms. The first-order valence-electron chi connectivity index (χ1n) is 6.49. The van der Waals surface area contributed by atoms with Gasteiger partial charge in [-0.3, -0.25) is 9.59 Å². The largest absolute Gasteiger partial charge is 0.346 e. The van der Waals surface area contributed by atoms with Crippen molar-refractivity contribution < 1.29 is 9.59 Å². The first-order valence-corrected chi connectivity index (χ1v) is 6.49. The number of nitrogens with one attached hydrogen (secondary N) is 1. The fraction of sp³-hybridized carbons (Fsp3) is 0.467. The molecule has 1 saturated heterocycles. The van der Waals surface area contributed by atoms with Crippen LogP contribution < -0.4 is 5.32 Å². The predicted octanol–water partition coefficient (Wildman–Crippen LogP) is 2.54. The van der Waals surface area contributed by atoms with Gasteiger partial charge < -0.3 is 5.32 Å². The molecule has 0 saturated carbocycles. The lowest BCUT2D eigenvalue weighted by Gasteiger charge is -2.16. The van der Waals surface area contributed by atoms with Crippen molar-refractivity contribution in [3.05, 3.63) is 34.9 Å². The minimum atomic E-state index is -0.346. The molecule has 1 fully saturated rings. The molecule has 2 rings (SSSR count). The second-order valence-electron chi connectivity index (χ2n) is 5.05. The molecule has 1 aromatic carbocycles. The van der Waals surface area contributed by atoms with E-state index in [1.54, 1.807) is 0 Å². The molecule has 1 unspecified atom stereocenters. The van der Waals surface area contributed by atoms with E-state index in [1.165, 1.54) is 0 Å². The molecule has 0 aliphatic carbocycles. The third-order valence-corrected chi connectivity index (χ3v) is 3.45. The maximum Gasteiger partial charge on any atom is 0.220 e. The molecule has 1 N–H and O–H groups in total. The monoisotopic (exact) mass is 245 g/mol. The van der Waals surface area contributed by atoms with Crippen molar-refractivity contribution in [3.63, 3.8) is 0 Å². The minimum absolute atomic E-state index is 0.00406. The van der Waals surface area contributed by atoms with Gasteiger partial charge in [0.2, 0.25) is 5.91 Å². The Labute approximate surface area is 108 Å². The molecule has 1 aromatic rings. The van der Waals surface area contributed by atoms with Crippen LogP contribution in [0, 0.1) is 13.8 Å². The van der Waals surface area contributed by atoms with Crippen molar-refractivity contribution in [2.24, 2.45) is 0 Å². The normalized spacial score (nSPS) is 20.1. The average Bonchev–Trinajstić information content (AvgIpc) is 2.53. The van der Waals surface area contributed by atoms with Gasteiger partial charge in [-0.05, 0) is 32.3 Å². The summed E-state index contributed by atoms with van der Waals surface area (Å²) in [5, 5.41) is 2.83. The van der Waals surface area contributed by atoms with Crippen molar-refractivity contribution >= 4 is 11.7 Å². The highest BCUT2D eigenvalue weighted by Gasteiger charge is 2.24. The number of amides is 1. The Hall–Kier alpha value is -1.64. The molecule has 0 aromatic heterocycles. The van der Waals surface area contributed by atoms with Crippen molar-refractivity contribution in [2.75, 3.05) is 0 Å². The van der Waals surface area contributed by atoms with Crippen LogP contribution in [0.15, 0.2) is 18.2 Å². The van der Waals surface area contributed by atoms with Gasteiger partial charge in [0.25, 0.3) is 0 Å². The molecular formula is C15H19NO2. The average molecular weight is 245 g/mol. The van der Waals surface area contributed by atoms with E-state index >= 15 is 0 Å². The zero-order valence-corrected chi connectivity index (χ0v) is 11.0. The standard InChI is InChI=1S/C15H19NO2/c1-10-7-8-12(11(2)9-10)15(18)13-5-3-4-6-14(17)16-13/h7-9,13H,3-6H2,1-2H3,(H,16,17). The molecule has 96 valence electrons. The number of Topliss-reactive ketones (excluding diaryl/α,β-unsaturated/α-hetero) is 1. The second kappa shape index (κ2) is 5.34. The van der Waals surface area contributed by atoms with Gasteiger partial charge in [-0.15, -0.1) is 0 Å². The highest BCUT2D eigenvalue weighted by Crippen LogP contribution is 2.17. The zero-order valence-electron chi connectivity index (χ0n) is 11.0. The van der Waals surface area contributed by atoms with Gasteiger partial charge >= 0.3 is 0 Å². The molecule has 1 atom stereocenters. The molecule has 1 aliphatic rings. The Morgan fingerprint density at radius 3 is 2.78 bits per heavy atom. The first-order chi connectivity index (χ1) is 8.58. The molecule has 18 heavy (non-hydrogen) atoms. The van der Waals surface area contributed by atoms with Crippen LogP contribution in [0.1, 0.15) is 47.2 Å². The molecule has 0 radical (unpaired) electrons. The van der Waals surface area contributed by atoms with E-state index in [2.05, 4.69) is 5.32 Å². The summed E-state index contributed by atoms with van der Waals surface area (Å²) in [5.74, 6) is 0.0402. The molecule has 1 heterocycles. The number of rotatable bonds is 2. The summed E-state index contributed by atoms with van der Waals surface area (Å²) in [7, 11) is 0. The maximum absolute atomic E-state index is 12.4. The van der Waals surface area contributed by atoms with Crippen LogP contribution in [-0.4, -0.2) is 17.7 Å². The summed E-state index contributed by atoms with van der Waals surface area (Å²) in [6, 6.07) is 5.47. The lowest BCUT2D eigenvalue weighted by molar-refractivity contribution is -0.121. The number of hydrogen-bond acceptors (Lipinski definition) is 2. The van der Waals surface area contributed by atoms with E-state index < -0.39 is 0 Å². The number of ketones is 1. The Balaban J connectivity index is 2.21. The predicted molar refractivity (Wildman–Crippen MR) is 70.6 cm³/mol. The van der Waals surface area contributed by atoms with Gasteiger partial charge in [-0.25, -0.2) is 0 Å². The minimum Gasteiger partial charge on any atom is -0.346 e. The number of benzene rings is 1. The number of carbonyl (C=O) groups excluding carboxylic acids is 2. The summed E-state index contributed by atoms with van der Waals surface area (Å²) in [6.45, 7) is 3.95. The summed E-state index contributed by atoms with van der Waals surface area (Å²) in [4.78, 5) is 23.9. The van der Waals surface area contributed by atoms with Gasteiger partial charge in [-0.2, -0.15) is 0 Å². The van der Waals surface area contributed by atoms with Crippen LogP contribution >= 0.6 is 0 Å². The van der Waals surface area contributed by atoms with Gasteiger partial charge in [0.15, 0.2) is 5.78 Å². The topological polar surface area (TPSA) is 46.2 Å². The fourth-order valence-electron chi connectivity index (χ4n) is 2.45. The lowest BCUT2D eigenvalue weighted by atomic mass is 9.96. The molecular weight excluding hydrogens is 226 g/mol. The molecule has 0 spiro atoms. The Morgan fingerprint density at radius 2 is 2.06 bits per heavy atom. The van der Waals surface area contributed by atoms with Crippen LogP contribution in [0.3, 0.4) is 0 Å². The van der Waals surface area contributed by atoms with Gasteiger partial charge in [-0.1, -0.05) is 30.2 Å². The lowest BCUT2D eigenvalue weighted by Crippen LogP contribution is -2.39. The highest BCUT2D eigenvalue weighted by molar-refractivity contribution is 6.03. The van der Waals surface area contributed by atoms with E-state index in [4.69, 9.17) is 0 Å². The summed E-state index contributed by atoms with van der Waals surface area (Å²) < 4.78 is 0. The van der Waals surface area contributed by atoms with E-state index in [0.29, 0.717) is 6.42 Å². The Kier molecular flexibility index (Phi) is 3.80. The zero-order chi connectivity index (χ0) is 13.1.